The van der Waals surface area contributed by atoms with Crippen LogP contribution in [-0.4, -0.2) is 70.5 Å². The van der Waals surface area contributed by atoms with Crippen molar-refractivity contribution in [1.82, 2.24) is 25.1 Å². The number of hydrogen-bond donors (Lipinski definition) is 1. The molecule has 0 aromatic carbocycles. The Morgan fingerprint density at radius 1 is 1.03 bits per heavy atom. The standard InChI is InChI=1S/C20H23N5O4/c1-2-29-20(28)25-11-9-24(10-12-25)19(27)16-5-8-22-17(13-16)18(26)23-14-15-3-6-21-7-4-15/h3-8,13H,2,9-12,14H2,1H3,(H,23,26). The molecule has 2 aromatic rings. The van der Waals surface area contributed by atoms with Crippen LogP contribution in [0.1, 0.15) is 33.3 Å². The van der Waals surface area contributed by atoms with Crippen LogP contribution in [0, 0.1) is 0 Å². The summed E-state index contributed by atoms with van der Waals surface area (Å²) in [6.45, 7) is 4.06. The molecular weight excluding hydrogens is 374 g/mol. The molecule has 9 nitrogen and oxygen atoms in total. The minimum absolute atomic E-state index is 0.176. The SMILES string of the molecule is CCOC(=O)N1CCN(C(=O)c2ccnc(C(=O)NCc3ccncc3)c2)CC1. The van der Waals surface area contributed by atoms with Gasteiger partial charge < -0.3 is 19.9 Å². The maximum atomic E-state index is 12.8. The van der Waals surface area contributed by atoms with E-state index in [4.69, 9.17) is 4.74 Å². The highest BCUT2D eigenvalue weighted by Crippen LogP contribution is 2.11. The van der Waals surface area contributed by atoms with Crippen molar-refractivity contribution in [2.75, 3.05) is 32.8 Å². The number of carbonyl (C=O) groups excluding carboxylic acids is 3. The van der Waals surface area contributed by atoms with Crippen molar-refractivity contribution in [1.29, 1.82) is 0 Å². The summed E-state index contributed by atoms with van der Waals surface area (Å²) in [5.74, 6) is -0.553. The Labute approximate surface area is 168 Å². The highest BCUT2D eigenvalue weighted by molar-refractivity contribution is 5.98. The van der Waals surface area contributed by atoms with Gasteiger partial charge >= 0.3 is 6.09 Å². The van der Waals surface area contributed by atoms with Crippen molar-refractivity contribution in [3.05, 3.63) is 59.7 Å². The molecule has 3 rings (SSSR count). The van der Waals surface area contributed by atoms with E-state index in [9.17, 15) is 14.4 Å². The van der Waals surface area contributed by atoms with E-state index in [1.165, 1.54) is 12.3 Å². The summed E-state index contributed by atoms with van der Waals surface area (Å²) in [5.41, 5.74) is 1.48. The predicted molar refractivity (Wildman–Crippen MR) is 104 cm³/mol. The molecule has 29 heavy (non-hydrogen) atoms. The number of amides is 3. The molecule has 0 spiro atoms. The monoisotopic (exact) mass is 397 g/mol. The molecule has 0 unspecified atom stereocenters. The fourth-order valence-electron chi connectivity index (χ4n) is 2.95. The fourth-order valence-corrected chi connectivity index (χ4v) is 2.95. The van der Waals surface area contributed by atoms with Gasteiger partial charge in [0.15, 0.2) is 0 Å². The third-order valence-corrected chi connectivity index (χ3v) is 4.53. The van der Waals surface area contributed by atoms with Crippen LogP contribution in [-0.2, 0) is 11.3 Å². The van der Waals surface area contributed by atoms with Crippen molar-refractivity contribution in [2.24, 2.45) is 0 Å². The number of carbonyl (C=O) groups is 3. The third-order valence-electron chi connectivity index (χ3n) is 4.53. The van der Waals surface area contributed by atoms with Crippen LogP contribution < -0.4 is 5.32 Å². The number of rotatable bonds is 5. The highest BCUT2D eigenvalue weighted by atomic mass is 16.6. The van der Waals surface area contributed by atoms with E-state index >= 15 is 0 Å². The molecule has 2 aromatic heterocycles. The first-order chi connectivity index (χ1) is 14.1. The van der Waals surface area contributed by atoms with E-state index in [-0.39, 0.29) is 23.6 Å². The van der Waals surface area contributed by atoms with E-state index in [2.05, 4.69) is 15.3 Å². The molecule has 3 heterocycles. The first-order valence-corrected chi connectivity index (χ1v) is 9.42. The summed E-state index contributed by atoms with van der Waals surface area (Å²) in [6.07, 6.45) is 4.39. The zero-order valence-corrected chi connectivity index (χ0v) is 16.2. The predicted octanol–water partition coefficient (Wildman–Crippen LogP) is 1.32. The Balaban J connectivity index is 1.58. The second kappa shape index (κ2) is 9.63. The van der Waals surface area contributed by atoms with Gasteiger partial charge in [0.2, 0.25) is 0 Å². The van der Waals surface area contributed by atoms with Crippen LogP contribution in [0.5, 0.6) is 0 Å². The van der Waals surface area contributed by atoms with Crippen LogP contribution in [0.2, 0.25) is 0 Å². The average Bonchev–Trinajstić information content (AvgIpc) is 2.78. The molecule has 152 valence electrons. The lowest BCUT2D eigenvalue weighted by Gasteiger charge is -2.34. The van der Waals surface area contributed by atoms with Gasteiger partial charge in [-0.2, -0.15) is 0 Å². The average molecular weight is 397 g/mol. The molecule has 0 bridgehead atoms. The largest absolute Gasteiger partial charge is 0.450 e. The van der Waals surface area contributed by atoms with Gasteiger partial charge in [-0.05, 0) is 36.8 Å². The quantitative estimate of drug-likeness (QED) is 0.816. The minimum Gasteiger partial charge on any atom is -0.450 e. The summed E-state index contributed by atoms with van der Waals surface area (Å²) < 4.78 is 4.99. The Bertz CT molecular complexity index is 866. The number of nitrogens with zero attached hydrogens (tertiary/aromatic N) is 4. The number of piperazine rings is 1. The van der Waals surface area contributed by atoms with Crippen molar-refractivity contribution in [2.45, 2.75) is 13.5 Å². The summed E-state index contributed by atoms with van der Waals surface area (Å²) >= 11 is 0. The van der Waals surface area contributed by atoms with Crippen molar-refractivity contribution in [3.8, 4) is 0 Å². The fraction of sp³-hybridized carbons (Fsp3) is 0.350. The molecule has 1 aliphatic heterocycles. The van der Waals surface area contributed by atoms with E-state index in [1.807, 2.05) is 12.1 Å². The molecule has 0 radical (unpaired) electrons. The molecule has 0 atom stereocenters. The summed E-state index contributed by atoms with van der Waals surface area (Å²) in [5, 5.41) is 2.78. The van der Waals surface area contributed by atoms with Crippen LogP contribution in [0.15, 0.2) is 42.9 Å². The van der Waals surface area contributed by atoms with Gasteiger partial charge in [0.25, 0.3) is 11.8 Å². The Morgan fingerprint density at radius 3 is 2.41 bits per heavy atom. The second-order valence-corrected chi connectivity index (χ2v) is 6.45. The number of hydrogen-bond acceptors (Lipinski definition) is 6. The lowest BCUT2D eigenvalue weighted by Crippen LogP contribution is -2.50. The number of nitrogens with one attached hydrogen (secondary N) is 1. The van der Waals surface area contributed by atoms with Crippen molar-refractivity contribution < 1.29 is 19.1 Å². The van der Waals surface area contributed by atoms with Crippen LogP contribution >= 0.6 is 0 Å². The smallest absolute Gasteiger partial charge is 0.409 e. The molecule has 0 aliphatic carbocycles. The summed E-state index contributed by atoms with van der Waals surface area (Å²) in [4.78, 5) is 48.2. The maximum Gasteiger partial charge on any atom is 0.409 e. The zero-order valence-electron chi connectivity index (χ0n) is 16.2. The Morgan fingerprint density at radius 2 is 1.72 bits per heavy atom. The van der Waals surface area contributed by atoms with Gasteiger partial charge in [-0.3, -0.25) is 19.6 Å². The molecule has 0 saturated carbocycles. The zero-order chi connectivity index (χ0) is 20.6. The van der Waals surface area contributed by atoms with E-state index in [1.54, 1.807) is 35.2 Å². The molecule has 1 N–H and O–H groups in total. The molecule has 1 aliphatic rings. The highest BCUT2D eigenvalue weighted by Gasteiger charge is 2.26. The normalized spacial score (nSPS) is 13.7. The molecular formula is C20H23N5O4. The maximum absolute atomic E-state index is 12.8. The minimum atomic E-state index is -0.364. The molecule has 1 saturated heterocycles. The molecule has 3 amide bonds. The van der Waals surface area contributed by atoms with Crippen LogP contribution in [0.25, 0.3) is 0 Å². The molecule has 1 fully saturated rings. The summed E-state index contributed by atoms with van der Waals surface area (Å²) in [6, 6.07) is 6.69. The molecule has 9 heteroatoms. The van der Waals surface area contributed by atoms with E-state index in [0.717, 1.165) is 5.56 Å². The van der Waals surface area contributed by atoms with Gasteiger partial charge in [-0.25, -0.2) is 4.79 Å². The van der Waals surface area contributed by atoms with Crippen LogP contribution in [0.4, 0.5) is 4.79 Å². The number of ether oxygens (including phenoxy) is 1. The lowest BCUT2D eigenvalue weighted by atomic mass is 10.1. The first kappa shape index (κ1) is 20.2. The van der Waals surface area contributed by atoms with Gasteiger partial charge in [-0.1, -0.05) is 0 Å². The van der Waals surface area contributed by atoms with E-state index in [0.29, 0.717) is 44.9 Å². The Kier molecular flexibility index (Phi) is 6.72. The third kappa shape index (κ3) is 5.28. The summed E-state index contributed by atoms with van der Waals surface area (Å²) in [7, 11) is 0. The topological polar surface area (TPSA) is 105 Å². The first-order valence-electron chi connectivity index (χ1n) is 9.42. The van der Waals surface area contributed by atoms with Gasteiger partial charge in [0.1, 0.15) is 5.69 Å². The Hall–Kier alpha value is -3.49. The van der Waals surface area contributed by atoms with Crippen LogP contribution in [0.3, 0.4) is 0 Å². The van der Waals surface area contributed by atoms with Crippen molar-refractivity contribution in [3.63, 3.8) is 0 Å². The van der Waals surface area contributed by atoms with Gasteiger partial charge in [-0.15, -0.1) is 0 Å². The number of aromatic nitrogens is 2. The van der Waals surface area contributed by atoms with Gasteiger partial charge in [0.05, 0.1) is 6.61 Å². The van der Waals surface area contributed by atoms with Crippen molar-refractivity contribution >= 4 is 17.9 Å². The lowest BCUT2D eigenvalue weighted by molar-refractivity contribution is 0.0570. The van der Waals surface area contributed by atoms with Gasteiger partial charge in [0, 0.05) is 56.9 Å². The second-order valence-electron chi connectivity index (χ2n) is 6.45. The number of pyridine rings is 2. The van der Waals surface area contributed by atoms with E-state index < -0.39 is 0 Å².